The molecule has 4 heteroatoms. The number of nitrogens with two attached hydrogens (primary N) is 1. The van der Waals surface area contributed by atoms with Crippen LogP contribution < -0.4 is 10.6 Å². The molecule has 0 saturated heterocycles. The van der Waals surface area contributed by atoms with Crippen LogP contribution in [0.4, 0.5) is 5.69 Å². The molecule has 1 atom stereocenters. The molecule has 0 fully saturated rings. The van der Waals surface area contributed by atoms with Gasteiger partial charge in [-0.05, 0) is 31.5 Å². The van der Waals surface area contributed by atoms with Crippen molar-refractivity contribution >= 4 is 17.0 Å². The van der Waals surface area contributed by atoms with Gasteiger partial charge in [0.1, 0.15) is 5.01 Å². The number of anilines is 1. The summed E-state index contributed by atoms with van der Waals surface area (Å²) in [5.41, 5.74) is 9.39. The van der Waals surface area contributed by atoms with E-state index in [1.165, 1.54) is 11.3 Å². The largest absolute Gasteiger partial charge is 0.369 e. The molecule has 0 saturated carbocycles. The lowest BCUT2D eigenvalue weighted by Crippen LogP contribution is -2.16. The minimum absolute atomic E-state index is 0.0213. The van der Waals surface area contributed by atoms with Gasteiger partial charge in [-0.1, -0.05) is 12.1 Å². The van der Waals surface area contributed by atoms with Gasteiger partial charge >= 0.3 is 0 Å². The molecule has 0 amide bonds. The summed E-state index contributed by atoms with van der Waals surface area (Å²) >= 11 is 1.64. The van der Waals surface area contributed by atoms with E-state index in [2.05, 4.69) is 53.5 Å². The summed E-state index contributed by atoms with van der Waals surface area (Å²) in [4.78, 5) is 6.75. The number of aromatic nitrogens is 1. The Morgan fingerprint density at radius 2 is 2.22 bits per heavy atom. The average molecular weight is 261 g/mol. The van der Waals surface area contributed by atoms with Gasteiger partial charge in [-0.2, -0.15) is 0 Å². The Bertz CT molecular complexity index is 519. The number of aryl methyl sites for hydroxylation is 1. The summed E-state index contributed by atoms with van der Waals surface area (Å²) in [6.45, 7) is 4.88. The van der Waals surface area contributed by atoms with Crippen molar-refractivity contribution in [1.29, 1.82) is 0 Å². The monoisotopic (exact) mass is 261 g/mol. The van der Waals surface area contributed by atoms with Gasteiger partial charge in [-0.3, -0.25) is 0 Å². The normalized spacial score (nSPS) is 12.4. The van der Waals surface area contributed by atoms with Gasteiger partial charge in [0.05, 0.1) is 18.3 Å². The quantitative estimate of drug-likeness (QED) is 0.919. The SMILES string of the molecule is Cc1cccc(N(C)Cc2csc(C(C)N)n2)c1. The molecule has 1 aromatic heterocycles. The van der Waals surface area contributed by atoms with E-state index in [-0.39, 0.29) is 6.04 Å². The molecule has 2 N–H and O–H groups in total. The molecule has 0 aliphatic carbocycles. The number of hydrogen-bond acceptors (Lipinski definition) is 4. The molecule has 3 nitrogen and oxygen atoms in total. The van der Waals surface area contributed by atoms with Crippen molar-refractivity contribution < 1.29 is 0 Å². The smallest absolute Gasteiger partial charge is 0.109 e. The first-order valence-corrected chi connectivity index (χ1v) is 6.92. The maximum atomic E-state index is 5.82. The van der Waals surface area contributed by atoms with Crippen LogP contribution in [0.25, 0.3) is 0 Å². The van der Waals surface area contributed by atoms with Crippen LogP contribution >= 0.6 is 11.3 Å². The molecule has 0 radical (unpaired) electrons. The second-order valence-electron chi connectivity index (χ2n) is 4.66. The van der Waals surface area contributed by atoms with Crippen molar-refractivity contribution in [1.82, 2.24) is 4.98 Å². The lowest BCUT2D eigenvalue weighted by atomic mass is 10.2. The van der Waals surface area contributed by atoms with E-state index in [0.29, 0.717) is 0 Å². The van der Waals surface area contributed by atoms with Crippen LogP contribution in [0.1, 0.15) is 29.2 Å². The molecule has 1 unspecified atom stereocenters. The lowest BCUT2D eigenvalue weighted by Gasteiger charge is -2.18. The molecule has 1 aromatic carbocycles. The fraction of sp³-hybridized carbons (Fsp3) is 0.357. The molecule has 18 heavy (non-hydrogen) atoms. The third kappa shape index (κ3) is 3.09. The molecule has 2 aromatic rings. The van der Waals surface area contributed by atoms with Gasteiger partial charge in [-0.15, -0.1) is 11.3 Å². The predicted octanol–water partition coefficient (Wildman–Crippen LogP) is 3.11. The number of thiazole rings is 1. The first-order valence-electron chi connectivity index (χ1n) is 6.04. The van der Waals surface area contributed by atoms with Crippen LogP contribution in [0, 0.1) is 6.92 Å². The van der Waals surface area contributed by atoms with E-state index in [0.717, 1.165) is 17.2 Å². The molecule has 1 heterocycles. The van der Waals surface area contributed by atoms with Crippen molar-refractivity contribution in [2.24, 2.45) is 5.73 Å². The fourth-order valence-electron chi connectivity index (χ4n) is 1.80. The van der Waals surface area contributed by atoms with Gasteiger partial charge in [0.15, 0.2) is 0 Å². The zero-order valence-electron chi connectivity index (χ0n) is 11.1. The van der Waals surface area contributed by atoms with Crippen molar-refractivity contribution in [2.45, 2.75) is 26.4 Å². The van der Waals surface area contributed by atoms with Crippen LogP contribution in [-0.4, -0.2) is 12.0 Å². The van der Waals surface area contributed by atoms with Crippen LogP contribution in [0.2, 0.25) is 0 Å². The van der Waals surface area contributed by atoms with Gasteiger partial charge in [0.25, 0.3) is 0 Å². The molecule has 0 aliphatic heterocycles. The summed E-state index contributed by atoms with van der Waals surface area (Å²) in [6, 6.07) is 8.50. The van der Waals surface area contributed by atoms with E-state index in [9.17, 15) is 0 Å². The number of rotatable bonds is 4. The lowest BCUT2D eigenvalue weighted by molar-refractivity contribution is 0.790. The van der Waals surface area contributed by atoms with Gasteiger partial charge in [0, 0.05) is 18.1 Å². The molecular weight excluding hydrogens is 242 g/mol. The third-order valence-electron chi connectivity index (χ3n) is 2.80. The standard InChI is InChI=1S/C14H19N3S/c1-10-5-4-6-13(7-10)17(3)8-12-9-18-14(16-12)11(2)15/h4-7,9,11H,8,15H2,1-3H3. The van der Waals surface area contributed by atoms with Crippen molar-refractivity contribution in [3.63, 3.8) is 0 Å². The van der Waals surface area contributed by atoms with Crippen LogP contribution in [0.15, 0.2) is 29.6 Å². The number of benzene rings is 1. The zero-order valence-corrected chi connectivity index (χ0v) is 11.9. The topological polar surface area (TPSA) is 42.1 Å². The number of hydrogen-bond donors (Lipinski definition) is 1. The summed E-state index contributed by atoms with van der Waals surface area (Å²) in [5.74, 6) is 0. The van der Waals surface area contributed by atoms with E-state index in [4.69, 9.17) is 5.73 Å². The van der Waals surface area contributed by atoms with Crippen LogP contribution in [0.3, 0.4) is 0 Å². The Balaban J connectivity index is 2.08. The maximum absolute atomic E-state index is 5.82. The Labute approximate surface area is 112 Å². The Hall–Kier alpha value is -1.39. The minimum atomic E-state index is 0.0213. The Morgan fingerprint density at radius 1 is 1.44 bits per heavy atom. The third-order valence-corrected chi connectivity index (χ3v) is 3.90. The molecule has 0 bridgehead atoms. The molecule has 0 aliphatic rings. The molecule has 0 spiro atoms. The van der Waals surface area contributed by atoms with Gasteiger partial charge < -0.3 is 10.6 Å². The highest BCUT2D eigenvalue weighted by Crippen LogP contribution is 2.20. The highest BCUT2D eigenvalue weighted by molar-refractivity contribution is 7.09. The Morgan fingerprint density at radius 3 is 2.83 bits per heavy atom. The summed E-state index contributed by atoms with van der Waals surface area (Å²) in [6.07, 6.45) is 0. The van der Waals surface area contributed by atoms with Crippen molar-refractivity contribution in [3.05, 3.63) is 45.9 Å². The minimum Gasteiger partial charge on any atom is -0.369 e. The second kappa shape index (κ2) is 5.50. The van der Waals surface area contributed by atoms with Crippen LogP contribution in [0.5, 0.6) is 0 Å². The van der Waals surface area contributed by atoms with Crippen molar-refractivity contribution in [3.8, 4) is 0 Å². The second-order valence-corrected chi connectivity index (χ2v) is 5.55. The summed E-state index contributed by atoms with van der Waals surface area (Å²) in [7, 11) is 2.08. The van der Waals surface area contributed by atoms with Gasteiger partial charge in [0.2, 0.25) is 0 Å². The van der Waals surface area contributed by atoms with Crippen LogP contribution in [-0.2, 0) is 6.54 Å². The first-order chi connectivity index (χ1) is 8.56. The zero-order chi connectivity index (χ0) is 13.1. The number of nitrogens with zero attached hydrogens (tertiary/aromatic N) is 2. The first kappa shape index (κ1) is 13.1. The molecule has 2 rings (SSSR count). The highest BCUT2D eigenvalue weighted by atomic mass is 32.1. The molecular formula is C14H19N3S. The highest BCUT2D eigenvalue weighted by Gasteiger charge is 2.08. The Kier molecular flexibility index (Phi) is 3.99. The van der Waals surface area contributed by atoms with Gasteiger partial charge in [-0.25, -0.2) is 4.98 Å². The fourth-order valence-corrected chi connectivity index (χ4v) is 2.57. The van der Waals surface area contributed by atoms with E-state index < -0.39 is 0 Å². The molecule has 96 valence electrons. The van der Waals surface area contributed by atoms with E-state index >= 15 is 0 Å². The average Bonchev–Trinajstić information content (AvgIpc) is 2.77. The predicted molar refractivity (Wildman–Crippen MR) is 78.0 cm³/mol. The van der Waals surface area contributed by atoms with E-state index in [1.54, 1.807) is 11.3 Å². The summed E-state index contributed by atoms with van der Waals surface area (Å²) < 4.78 is 0. The van der Waals surface area contributed by atoms with E-state index in [1.807, 2.05) is 6.92 Å². The maximum Gasteiger partial charge on any atom is 0.109 e. The summed E-state index contributed by atoms with van der Waals surface area (Å²) in [5, 5.41) is 3.09. The van der Waals surface area contributed by atoms with Crippen molar-refractivity contribution in [2.75, 3.05) is 11.9 Å².